The third-order valence-corrected chi connectivity index (χ3v) is 4.51. The number of hydrogen-bond acceptors (Lipinski definition) is 3. The molecule has 2 aliphatic rings. The molecule has 2 atom stereocenters. The summed E-state index contributed by atoms with van der Waals surface area (Å²) in [6.07, 6.45) is 8.44. The van der Waals surface area contributed by atoms with Crippen LogP contribution in [0.5, 0.6) is 0 Å². The van der Waals surface area contributed by atoms with Crippen molar-refractivity contribution in [2.24, 2.45) is 11.7 Å². The van der Waals surface area contributed by atoms with E-state index in [0.29, 0.717) is 18.0 Å². The van der Waals surface area contributed by atoms with Crippen molar-refractivity contribution in [3.8, 4) is 0 Å². The van der Waals surface area contributed by atoms with Crippen molar-refractivity contribution in [1.82, 2.24) is 10.2 Å². The van der Waals surface area contributed by atoms with Crippen molar-refractivity contribution in [2.45, 2.75) is 50.6 Å². The lowest BCUT2D eigenvalue weighted by molar-refractivity contribution is -0.127. The Morgan fingerprint density at radius 2 is 2.05 bits per heavy atom. The number of nitrogens with two attached hydrogens (primary N) is 1. The Morgan fingerprint density at radius 1 is 1.32 bits per heavy atom. The molecule has 1 unspecified atom stereocenters. The Bertz CT molecular complexity index is 311. The SMILES string of the molecule is C=CC(=O)N1CCC(CNC2CCC[C@@H](N)C2)CC1. The predicted molar refractivity (Wildman–Crippen MR) is 77.7 cm³/mol. The van der Waals surface area contributed by atoms with Gasteiger partial charge in [-0.2, -0.15) is 0 Å². The van der Waals surface area contributed by atoms with E-state index in [2.05, 4.69) is 11.9 Å². The van der Waals surface area contributed by atoms with Crippen LogP contribution in [0, 0.1) is 5.92 Å². The van der Waals surface area contributed by atoms with E-state index >= 15 is 0 Å². The van der Waals surface area contributed by atoms with Crippen LogP contribution < -0.4 is 11.1 Å². The van der Waals surface area contributed by atoms with Crippen molar-refractivity contribution in [3.05, 3.63) is 12.7 Å². The van der Waals surface area contributed by atoms with Crippen LogP contribution in [0.2, 0.25) is 0 Å². The summed E-state index contributed by atoms with van der Waals surface area (Å²) in [5.41, 5.74) is 6.01. The van der Waals surface area contributed by atoms with Crippen molar-refractivity contribution in [2.75, 3.05) is 19.6 Å². The normalized spacial score (nSPS) is 29.2. The number of carbonyl (C=O) groups is 1. The van der Waals surface area contributed by atoms with Crippen LogP contribution in [0.3, 0.4) is 0 Å². The first kappa shape index (κ1) is 14.5. The largest absolute Gasteiger partial charge is 0.339 e. The lowest BCUT2D eigenvalue weighted by Crippen LogP contribution is -2.44. The minimum Gasteiger partial charge on any atom is -0.339 e. The molecule has 1 aliphatic heterocycles. The molecule has 0 bridgehead atoms. The van der Waals surface area contributed by atoms with Gasteiger partial charge in [-0.3, -0.25) is 4.79 Å². The van der Waals surface area contributed by atoms with Gasteiger partial charge in [-0.1, -0.05) is 13.0 Å². The molecule has 1 amide bonds. The summed E-state index contributed by atoms with van der Waals surface area (Å²) in [4.78, 5) is 13.4. The molecule has 2 rings (SSSR count). The fraction of sp³-hybridized carbons (Fsp3) is 0.800. The monoisotopic (exact) mass is 265 g/mol. The molecule has 0 aromatic heterocycles. The number of nitrogens with zero attached hydrogens (tertiary/aromatic N) is 1. The first-order chi connectivity index (χ1) is 9.19. The maximum Gasteiger partial charge on any atom is 0.245 e. The molecule has 108 valence electrons. The minimum atomic E-state index is 0.0738. The molecule has 4 heteroatoms. The van der Waals surface area contributed by atoms with Crippen LogP contribution in [-0.4, -0.2) is 42.5 Å². The highest BCUT2D eigenvalue weighted by Crippen LogP contribution is 2.20. The predicted octanol–water partition coefficient (Wildman–Crippen LogP) is 1.27. The number of carbonyl (C=O) groups excluding carboxylic acids is 1. The van der Waals surface area contributed by atoms with Gasteiger partial charge in [0, 0.05) is 25.2 Å². The van der Waals surface area contributed by atoms with E-state index in [1.54, 1.807) is 0 Å². The summed E-state index contributed by atoms with van der Waals surface area (Å²) in [7, 11) is 0. The first-order valence-electron chi connectivity index (χ1n) is 7.59. The van der Waals surface area contributed by atoms with E-state index in [9.17, 15) is 4.79 Å². The van der Waals surface area contributed by atoms with E-state index in [-0.39, 0.29) is 5.91 Å². The van der Waals surface area contributed by atoms with E-state index in [1.165, 1.54) is 25.3 Å². The molecule has 1 aliphatic carbocycles. The van der Waals surface area contributed by atoms with Gasteiger partial charge in [-0.15, -0.1) is 0 Å². The second-order valence-electron chi connectivity index (χ2n) is 6.00. The third-order valence-electron chi connectivity index (χ3n) is 4.51. The Morgan fingerprint density at radius 3 is 2.68 bits per heavy atom. The van der Waals surface area contributed by atoms with Gasteiger partial charge in [-0.25, -0.2) is 0 Å². The van der Waals surface area contributed by atoms with Gasteiger partial charge < -0.3 is 16.0 Å². The Labute approximate surface area is 116 Å². The smallest absolute Gasteiger partial charge is 0.245 e. The van der Waals surface area contributed by atoms with E-state index in [1.807, 2.05) is 4.90 Å². The van der Waals surface area contributed by atoms with Crippen LogP contribution >= 0.6 is 0 Å². The third kappa shape index (κ3) is 4.32. The molecule has 0 aromatic carbocycles. The van der Waals surface area contributed by atoms with Crippen LogP contribution in [0.4, 0.5) is 0 Å². The van der Waals surface area contributed by atoms with Crippen LogP contribution in [0.1, 0.15) is 38.5 Å². The summed E-state index contributed by atoms with van der Waals surface area (Å²) < 4.78 is 0. The molecule has 0 aromatic rings. The maximum atomic E-state index is 11.5. The Hall–Kier alpha value is -0.870. The van der Waals surface area contributed by atoms with Gasteiger partial charge in [0.15, 0.2) is 0 Å². The highest BCUT2D eigenvalue weighted by atomic mass is 16.2. The second-order valence-corrected chi connectivity index (χ2v) is 6.00. The summed E-state index contributed by atoms with van der Waals surface area (Å²) in [5, 5.41) is 3.68. The zero-order valence-electron chi connectivity index (χ0n) is 11.8. The van der Waals surface area contributed by atoms with Crippen molar-refractivity contribution in [1.29, 1.82) is 0 Å². The molecular weight excluding hydrogens is 238 g/mol. The molecule has 1 saturated carbocycles. The molecular formula is C15H27N3O. The van der Waals surface area contributed by atoms with Crippen molar-refractivity contribution in [3.63, 3.8) is 0 Å². The van der Waals surface area contributed by atoms with Gasteiger partial charge >= 0.3 is 0 Å². The van der Waals surface area contributed by atoms with Gasteiger partial charge in [-0.05, 0) is 50.6 Å². The first-order valence-corrected chi connectivity index (χ1v) is 7.59. The highest BCUT2D eigenvalue weighted by molar-refractivity contribution is 5.87. The van der Waals surface area contributed by atoms with Gasteiger partial charge in [0.2, 0.25) is 5.91 Å². The molecule has 1 saturated heterocycles. The van der Waals surface area contributed by atoms with E-state index in [0.717, 1.165) is 38.9 Å². The zero-order chi connectivity index (χ0) is 13.7. The average molecular weight is 265 g/mol. The Balaban J connectivity index is 1.65. The minimum absolute atomic E-state index is 0.0738. The average Bonchev–Trinajstić information content (AvgIpc) is 2.45. The molecule has 0 radical (unpaired) electrons. The number of hydrogen-bond donors (Lipinski definition) is 2. The number of amides is 1. The van der Waals surface area contributed by atoms with Gasteiger partial charge in [0.1, 0.15) is 0 Å². The van der Waals surface area contributed by atoms with Gasteiger partial charge in [0.05, 0.1) is 0 Å². The molecule has 0 spiro atoms. The fourth-order valence-electron chi connectivity index (χ4n) is 3.23. The lowest BCUT2D eigenvalue weighted by Gasteiger charge is -2.33. The maximum absolute atomic E-state index is 11.5. The number of likely N-dealkylation sites (tertiary alicyclic amines) is 1. The summed E-state index contributed by atoms with van der Waals surface area (Å²) in [6.45, 7) is 6.37. The molecule has 3 N–H and O–H groups in total. The number of rotatable bonds is 4. The highest BCUT2D eigenvalue weighted by Gasteiger charge is 2.23. The summed E-state index contributed by atoms with van der Waals surface area (Å²) in [6, 6.07) is 0.995. The summed E-state index contributed by atoms with van der Waals surface area (Å²) in [5.74, 6) is 0.775. The van der Waals surface area contributed by atoms with Crippen molar-refractivity contribution < 1.29 is 4.79 Å². The van der Waals surface area contributed by atoms with Crippen LogP contribution in [-0.2, 0) is 4.79 Å². The topological polar surface area (TPSA) is 58.4 Å². The molecule has 19 heavy (non-hydrogen) atoms. The van der Waals surface area contributed by atoms with Gasteiger partial charge in [0.25, 0.3) is 0 Å². The second kappa shape index (κ2) is 7.06. The van der Waals surface area contributed by atoms with E-state index in [4.69, 9.17) is 5.73 Å². The van der Waals surface area contributed by atoms with Crippen molar-refractivity contribution >= 4 is 5.91 Å². The van der Waals surface area contributed by atoms with Crippen LogP contribution in [0.15, 0.2) is 12.7 Å². The lowest BCUT2D eigenvalue weighted by atomic mass is 9.90. The van der Waals surface area contributed by atoms with Crippen LogP contribution in [0.25, 0.3) is 0 Å². The Kier molecular flexibility index (Phi) is 5.40. The molecule has 4 nitrogen and oxygen atoms in total. The standard InChI is InChI=1S/C15H27N3O/c1-2-15(19)18-8-6-12(7-9-18)11-17-14-5-3-4-13(16)10-14/h2,12-14,17H,1,3-11,16H2/t13-,14?/m1/s1. The quantitative estimate of drug-likeness (QED) is 0.753. The summed E-state index contributed by atoms with van der Waals surface area (Å²) >= 11 is 0. The number of piperidine rings is 1. The number of nitrogens with one attached hydrogen (secondary N) is 1. The zero-order valence-corrected chi connectivity index (χ0v) is 11.8. The molecule has 1 heterocycles. The molecule has 2 fully saturated rings. The van der Waals surface area contributed by atoms with E-state index < -0.39 is 0 Å². The fourth-order valence-corrected chi connectivity index (χ4v) is 3.23.